The predicted octanol–water partition coefficient (Wildman–Crippen LogP) is 3.40. The van der Waals surface area contributed by atoms with Crippen molar-refractivity contribution in [2.45, 2.75) is 26.3 Å². The maximum atomic E-state index is 13.3. The van der Waals surface area contributed by atoms with Gasteiger partial charge in [0.2, 0.25) is 0 Å². The number of oxazole rings is 1. The Morgan fingerprint density at radius 3 is 2.88 bits per heavy atom. The number of fused-ring (bicyclic) bond motifs is 2. The van der Waals surface area contributed by atoms with Gasteiger partial charge in [0, 0.05) is 31.9 Å². The minimum atomic E-state index is -0.0246. The van der Waals surface area contributed by atoms with Gasteiger partial charge in [-0.3, -0.25) is 18.8 Å². The van der Waals surface area contributed by atoms with Gasteiger partial charge in [-0.1, -0.05) is 12.1 Å². The number of aliphatic imine (C=N–C) groups is 1. The van der Waals surface area contributed by atoms with E-state index in [0.717, 1.165) is 36.6 Å². The minimum Gasteiger partial charge on any atom is -0.432 e. The lowest BCUT2D eigenvalue weighted by atomic mass is 10.0. The second kappa shape index (κ2) is 8.55. The van der Waals surface area contributed by atoms with E-state index in [2.05, 4.69) is 19.9 Å². The lowest BCUT2D eigenvalue weighted by Crippen LogP contribution is -2.29. The molecule has 8 nitrogen and oxygen atoms in total. The lowest BCUT2D eigenvalue weighted by molar-refractivity contribution is 0.320. The van der Waals surface area contributed by atoms with E-state index in [0.29, 0.717) is 29.0 Å². The van der Waals surface area contributed by atoms with E-state index in [9.17, 15) is 4.79 Å². The van der Waals surface area contributed by atoms with Gasteiger partial charge in [-0.15, -0.1) is 0 Å². The molecule has 0 radical (unpaired) electrons. The van der Waals surface area contributed by atoms with Crippen LogP contribution >= 0.6 is 0 Å². The van der Waals surface area contributed by atoms with Crippen molar-refractivity contribution in [2.75, 3.05) is 26.7 Å². The molecule has 0 unspecified atom stereocenters. The molecular weight excluding hydrogens is 404 g/mol. The number of imidazole rings is 1. The van der Waals surface area contributed by atoms with E-state index in [1.165, 1.54) is 12.8 Å². The van der Waals surface area contributed by atoms with Gasteiger partial charge >= 0.3 is 5.84 Å². The van der Waals surface area contributed by atoms with Crippen LogP contribution in [0.15, 0.2) is 63.3 Å². The van der Waals surface area contributed by atoms with Crippen LogP contribution in [0.2, 0.25) is 0 Å². The summed E-state index contributed by atoms with van der Waals surface area (Å²) in [4.78, 5) is 29.2. The van der Waals surface area contributed by atoms with Crippen molar-refractivity contribution < 1.29 is 4.42 Å². The minimum absolute atomic E-state index is 0.0246. The first-order chi connectivity index (χ1) is 15.7. The summed E-state index contributed by atoms with van der Waals surface area (Å²) in [5.41, 5.74) is 3.81. The highest BCUT2D eigenvalue weighted by Crippen LogP contribution is 2.28. The van der Waals surface area contributed by atoms with E-state index in [-0.39, 0.29) is 5.56 Å². The van der Waals surface area contributed by atoms with Gasteiger partial charge in [-0.25, -0.2) is 4.98 Å². The smallest absolute Gasteiger partial charge is 0.306 e. The number of hydrogen-bond donors (Lipinski definition) is 0. The van der Waals surface area contributed by atoms with Gasteiger partial charge in [0.1, 0.15) is 12.0 Å². The van der Waals surface area contributed by atoms with Crippen LogP contribution in [-0.4, -0.2) is 56.2 Å². The zero-order valence-corrected chi connectivity index (χ0v) is 18.4. The van der Waals surface area contributed by atoms with Crippen LogP contribution in [-0.2, 0) is 6.54 Å². The van der Waals surface area contributed by atoms with Gasteiger partial charge in [0.25, 0.3) is 5.56 Å². The van der Waals surface area contributed by atoms with Gasteiger partial charge in [-0.2, -0.15) is 4.98 Å². The summed E-state index contributed by atoms with van der Waals surface area (Å²) in [6.07, 6.45) is 11.4. The largest absolute Gasteiger partial charge is 0.432 e. The fourth-order valence-corrected chi connectivity index (χ4v) is 4.38. The first kappa shape index (κ1) is 20.4. The van der Waals surface area contributed by atoms with Crippen molar-refractivity contribution in [3.05, 3.63) is 65.2 Å². The summed E-state index contributed by atoms with van der Waals surface area (Å²) in [6.45, 7) is 5.67. The summed E-state index contributed by atoms with van der Waals surface area (Å²) in [5.74, 6) is 0.481. The van der Waals surface area contributed by atoms with Crippen molar-refractivity contribution in [3.63, 3.8) is 0 Å². The third-order valence-electron chi connectivity index (χ3n) is 6.02. The van der Waals surface area contributed by atoms with E-state index < -0.39 is 0 Å². The van der Waals surface area contributed by atoms with Crippen LogP contribution in [0.5, 0.6) is 0 Å². The molecule has 0 atom stereocenters. The standard InChI is InChI=1S/C24H26N6O2/c1-3-6-20(25-2)21-22(30-13-14-32-24(30)27-21)17-7-8-19-18(15-17)23(31)29(16-26-19)12-11-28-9-4-5-10-28/h3,6-8,13-16H,4-5,9-12H2,1-2H3/b6-3-,25-20?. The lowest BCUT2D eigenvalue weighted by Gasteiger charge is -2.15. The molecule has 5 rings (SSSR count). The van der Waals surface area contributed by atoms with E-state index in [1.807, 2.05) is 47.9 Å². The average molecular weight is 431 g/mol. The third kappa shape index (κ3) is 3.56. The summed E-state index contributed by atoms with van der Waals surface area (Å²) < 4.78 is 9.13. The number of nitrogens with zero attached hydrogens (tertiary/aromatic N) is 6. The summed E-state index contributed by atoms with van der Waals surface area (Å²) in [6, 6.07) is 5.75. The van der Waals surface area contributed by atoms with Gasteiger partial charge in [0.15, 0.2) is 0 Å². The summed E-state index contributed by atoms with van der Waals surface area (Å²) >= 11 is 0. The Morgan fingerprint density at radius 2 is 2.09 bits per heavy atom. The van der Waals surface area contributed by atoms with Crippen LogP contribution in [0.3, 0.4) is 0 Å². The Hall–Kier alpha value is -3.52. The maximum absolute atomic E-state index is 13.3. The number of aromatic nitrogens is 4. The van der Waals surface area contributed by atoms with Gasteiger partial charge in [-0.05, 0) is 51.1 Å². The first-order valence-corrected chi connectivity index (χ1v) is 11.0. The molecular formula is C24H26N6O2. The molecule has 0 amide bonds. The third-order valence-corrected chi connectivity index (χ3v) is 6.02. The highest BCUT2D eigenvalue weighted by molar-refractivity contribution is 6.11. The van der Waals surface area contributed by atoms with Crippen LogP contribution in [0, 0.1) is 0 Å². The molecule has 1 aliphatic heterocycles. The molecule has 0 bridgehead atoms. The van der Waals surface area contributed by atoms with Crippen LogP contribution in [0.25, 0.3) is 28.0 Å². The number of allylic oxidation sites excluding steroid dienone is 2. The SMILES string of the molecule is C/C=C\C(=NC)c1nc2occn2c1-c1ccc2ncn(CCN3CCCC3)c(=O)c2c1. The molecule has 3 aromatic heterocycles. The Morgan fingerprint density at radius 1 is 1.25 bits per heavy atom. The van der Waals surface area contributed by atoms with Gasteiger partial charge in [0.05, 0.1) is 28.6 Å². The average Bonchev–Trinajstić information content (AvgIpc) is 3.55. The zero-order chi connectivity index (χ0) is 22.1. The molecule has 1 fully saturated rings. The normalized spacial score (nSPS) is 15.6. The number of benzene rings is 1. The second-order valence-corrected chi connectivity index (χ2v) is 8.00. The molecule has 4 heterocycles. The molecule has 1 saturated heterocycles. The number of hydrogen-bond acceptors (Lipinski definition) is 6. The van der Waals surface area contributed by atoms with Crippen molar-refractivity contribution in [1.82, 2.24) is 23.8 Å². The van der Waals surface area contributed by atoms with Crippen LogP contribution in [0.4, 0.5) is 0 Å². The molecule has 0 spiro atoms. The molecule has 32 heavy (non-hydrogen) atoms. The van der Waals surface area contributed by atoms with Crippen LogP contribution in [0.1, 0.15) is 25.5 Å². The topological polar surface area (TPSA) is 80.9 Å². The summed E-state index contributed by atoms with van der Waals surface area (Å²) in [5, 5.41) is 0.594. The first-order valence-electron chi connectivity index (χ1n) is 11.0. The summed E-state index contributed by atoms with van der Waals surface area (Å²) in [7, 11) is 1.74. The fourth-order valence-electron chi connectivity index (χ4n) is 4.38. The van der Waals surface area contributed by atoms with Gasteiger partial charge < -0.3 is 9.32 Å². The Labute approximate surface area is 185 Å². The fraction of sp³-hybridized carbons (Fsp3) is 0.333. The second-order valence-electron chi connectivity index (χ2n) is 8.00. The Bertz CT molecular complexity index is 1380. The van der Waals surface area contributed by atoms with Crippen LogP contribution < -0.4 is 5.56 Å². The highest BCUT2D eigenvalue weighted by atomic mass is 16.3. The zero-order valence-electron chi connectivity index (χ0n) is 18.4. The number of likely N-dealkylation sites (tertiary alicyclic amines) is 1. The predicted molar refractivity (Wildman–Crippen MR) is 125 cm³/mol. The number of rotatable bonds is 6. The van der Waals surface area contributed by atoms with Crippen molar-refractivity contribution >= 4 is 22.5 Å². The Kier molecular flexibility index (Phi) is 5.45. The Balaban J connectivity index is 1.60. The van der Waals surface area contributed by atoms with E-state index in [1.54, 1.807) is 24.2 Å². The maximum Gasteiger partial charge on any atom is 0.306 e. The molecule has 164 valence electrons. The monoisotopic (exact) mass is 430 g/mol. The quantitative estimate of drug-likeness (QED) is 0.438. The van der Waals surface area contributed by atoms with Crippen molar-refractivity contribution in [1.29, 1.82) is 0 Å². The molecule has 8 heteroatoms. The van der Waals surface area contributed by atoms with Crippen molar-refractivity contribution in [3.8, 4) is 11.3 Å². The molecule has 1 aromatic carbocycles. The van der Waals surface area contributed by atoms with Crippen molar-refractivity contribution in [2.24, 2.45) is 4.99 Å². The molecule has 1 aliphatic rings. The molecule has 0 N–H and O–H groups in total. The highest BCUT2D eigenvalue weighted by Gasteiger charge is 2.20. The van der Waals surface area contributed by atoms with E-state index >= 15 is 0 Å². The molecule has 0 saturated carbocycles. The van der Waals surface area contributed by atoms with E-state index in [4.69, 9.17) is 4.42 Å². The molecule has 0 aliphatic carbocycles. The molecule has 4 aromatic rings.